The lowest BCUT2D eigenvalue weighted by Crippen LogP contribution is -2.38. The summed E-state index contributed by atoms with van der Waals surface area (Å²) in [5.74, 6) is 2.24. The largest absolute Gasteiger partial charge is 0.493 e. The summed E-state index contributed by atoms with van der Waals surface area (Å²) >= 11 is 0. The van der Waals surface area contributed by atoms with Crippen LogP contribution in [0.3, 0.4) is 0 Å². The first-order valence-corrected chi connectivity index (χ1v) is 10.1. The summed E-state index contributed by atoms with van der Waals surface area (Å²) in [6.45, 7) is 10.1. The van der Waals surface area contributed by atoms with Crippen molar-refractivity contribution in [2.45, 2.75) is 59.1 Å². The van der Waals surface area contributed by atoms with E-state index in [1.54, 1.807) is 21.1 Å². The zero-order valence-electron chi connectivity index (χ0n) is 18.5. The molecule has 1 N–H and O–H groups in total. The number of hydrogen-bond donors (Lipinski definition) is 1. The molecule has 0 heterocycles. The Morgan fingerprint density at radius 1 is 0.966 bits per heavy atom. The molecule has 29 heavy (non-hydrogen) atoms. The van der Waals surface area contributed by atoms with Crippen molar-refractivity contribution in [3.63, 3.8) is 0 Å². The number of ether oxygens (including phenoxy) is 3. The topological polar surface area (TPSA) is 56.8 Å². The number of amides is 1. The molecule has 0 bridgehead atoms. The highest BCUT2D eigenvalue weighted by Crippen LogP contribution is 2.31. The van der Waals surface area contributed by atoms with Crippen molar-refractivity contribution in [1.29, 1.82) is 0 Å². The van der Waals surface area contributed by atoms with E-state index in [-0.39, 0.29) is 11.9 Å². The number of nitrogens with one attached hydrogen (secondary N) is 1. The van der Waals surface area contributed by atoms with E-state index < -0.39 is 6.10 Å². The second kappa shape index (κ2) is 10.2. The van der Waals surface area contributed by atoms with Crippen LogP contribution in [-0.4, -0.2) is 26.2 Å². The third kappa shape index (κ3) is 5.66. The van der Waals surface area contributed by atoms with Crippen molar-refractivity contribution in [1.82, 2.24) is 5.32 Å². The zero-order valence-corrected chi connectivity index (χ0v) is 18.5. The molecule has 0 fully saturated rings. The Bertz CT molecular complexity index is 832. The Morgan fingerprint density at radius 3 is 2.24 bits per heavy atom. The standard InChI is InChI=1S/C24H33NO4/c1-8-20(18-10-12-21(27-6)23(14-18)28-7)25-24(26)17(5)29-22-13-16(4)9-11-19(22)15(2)3/h9-15,17,20H,8H2,1-7H3,(H,25,26)/t17-,20+/m1/s1. The van der Waals surface area contributed by atoms with E-state index in [4.69, 9.17) is 14.2 Å². The maximum atomic E-state index is 12.8. The minimum Gasteiger partial charge on any atom is -0.493 e. The molecule has 0 aliphatic rings. The molecule has 0 aliphatic carbocycles. The molecule has 2 aromatic rings. The van der Waals surface area contributed by atoms with Gasteiger partial charge in [0.25, 0.3) is 5.91 Å². The van der Waals surface area contributed by atoms with Gasteiger partial charge >= 0.3 is 0 Å². The Hall–Kier alpha value is -2.69. The molecular weight excluding hydrogens is 366 g/mol. The minimum atomic E-state index is -0.608. The van der Waals surface area contributed by atoms with Gasteiger partial charge < -0.3 is 19.5 Å². The van der Waals surface area contributed by atoms with E-state index in [9.17, 15) is 4.79 Å². The number of carbonyl (C=O) groups excluding carboxylic acids is 1. The highest BCUT2D eigenvalue weighted by atomic mass is 16.5. The van der Waals surface area contributed by atoms with Crippen LogP contribution in [0.4, 0.5) is 0 Å². The van der Waals surface area contributed by atoms with Crippen LogP contribution in [0.1, 0.15) is 62.8 Å². The molecule has 158 valence electrons. The molecule has 5 heteroatoms. The van der Waals surface area contributed by atoms with Crippen molar-refractivity contribution < 1.29 is 19.0 Å². The molecule has 0 saturated heterocycles. The maximum Gasteiger partial charge on any atom is 0.261 e. The summed E-state index contributed by atoms with van der Waals surface area (Å²) < 4.78 is 16.7. The van der Waals surface area contributed by atoms with Crippen LogP contribution in [0.15, 0.2) is 36.4 Å². The number of aryl methyl sites for hydroxylation is 1. The van der Waals surface area contributed by atoms with Gasteiger partial charge in [0.05, 0.1) is 20.3 Å². The first-order valence-electron chi connectivity index (χ1n) is 10.1. The van der Waals surface area contributed by atoms with Crippen molar-refractivity contribution in [2.75, 3.05) is 14.2 Å². The smallest absolute Gasteiger partial charge is 0.261 e. The lowest BCUT2D eigenvalue weighted by atomic mass is 10.0. The van der Waals surface area contributed by atoms with Gasteiger partial charge in [0.15, 0.2) is 17.6 Å². The van der Waals surface area contributed by atoms with Crippen LogP contribution in [0.5, 0.6) is 17.2 Å². The van der Waals surface area contributed by atoms with Crippen LogP contribution < -0.4 is 19.5 Å². The van der Waals surface area contributed by atoms with Gasteiger partial charge in [-0.2, -0.15) is 0 Å². The third-order valence-electron chi connectivity index (χ3n) is 5.00. The molecule has 2 aromatic carbocycles. The number of rotatable bonds is 9. The predicted molar refractivity (Wildman–Crippen MR) is 116 cm³/mol. The molecule has 0 saturated carbocycles. The van der Waals surface area contributed by atoms with Gasteiger partial charge in [-0.05, 0) is 61.1 Å². The predicted octanol–water partition coefficient (Wildman–Crippen LogP) is 5.17. The van der Waals surface area contributed by atoms with Crippen LogP contribution in [-0.2, 0) is 4.79 Å². The zero-order chi connectivity index (χ0) is 21.6. The molecule has 0 unspecified atom stereocenters. The van der Waals surface area contributed by atoms with Gasteiger partial charge in [-0.25, -0.2) is 0 Å². The highest BCUT2D eigenvalue weighted by molar-refractivity contribution is 5.81. The van der Waals surface area contributed by atoms with Gasteiger partial charge in [0.2, 0.25) is 0 Å². The van der Waals surface area contributed by atoms with Crippen LogP contribution >= 0.6 is 0 Å². The van der Waals surface area contributed by atoms with Crippen LogP contribution in [0.2, 0.25) is 0 Å². The average Bonchev–Trinajstić information content (AvgIpc) is 2.70. The summed E-state index contributed by atoms with van der Waals surface area (Å²) in [6.07, 6.45) is 0.138. The molecule has 0 aliphatic heterocycles. The van der Waals surface area contributed by atoms with Crippen LogP contribution in [0, 0.1) is 6.92 Å². The van der Waals surface area contributed by atoms with Gasteiger partial charge in [-0.15, -0.1) is 0 Å². The molecule has 1 amide bonds. The van der Waals surface area contributed by atoms with E-state index in [1.165, 1.54) is 0 Å². The second-order valence-electron chi connectivity index (χ2n) is 7.54. The maximum absolute atomic E-state index is 12.8. The molecule has 0 spiro atoms. The molecular formula is C24H33NO4. The fourth-order valence-corrected chi connectivity index (χ4v) is 3.24. The second-order valence-corrected chi connectivity index (χ2v) is 7.54. The van der Waals surface area contributed by atoms with E-state index in [0.29, 0.717) is 17.4 Å². The first-order chi connectivity index (χ1) is 13.8. The number of hydrogen-bond acceptors (Lipinski definition) is 4. The van der Waals surface area contributed by atoms with Gasteiger partial charge in [-0.1, -0.05) is 39.0 Å². The fourth-order valence-electron chi connectivity index (χ4n) is 3.24. The fraction of sp³-hybridized carbons (Fsp3) is 0.458. The summed E-state index contributed by atoms with van der Waals surface area (Å²) in [6, 6.07) is 11.7. The lowest BCUT2D eigenvalue weighted by Gasteiger charge is -2.23. The molecule has 5 nitrogen and oxygen atoms in total. The first kappa shape index (κ1) is 22.6. The Labute approximate surface area is 174 Å². The van der Waals surface area contributed by atoms with E-state index in [0.717, 1.165) is 28.9 Å². The highest BCUT2D eigenvalue weighted by Gasteiger charge is 2.22. The molecule has 2 atom stereocenters. The lowest BCUT2D eigenvalue weighted by molar-refractivity contribution is -0.128. The Morgan fingerprint density at radius 2 is 1.66 bits per heavy atom. The minimum absolute atomic E-state index is 0.143. The van der Waals surface area contributed by atoms with Gasteiger partial charge in [0, 0.05) is 0 Å². The van der Waals surface area contributed by atoms with Crippen molar-refractivity contribution >= 4 is 5.91 Å². The van der Waals surface area contributed by atoms with Crippen molar-refractivity contribution in [3.8, 4) is 17.2 Å². The average molecular weight is 400 g/mol. The van der Waals surface area contributed by atoms with Gasteiger partial charge in [-0.3, -0.25) is 4.79 Å². The summed E-state index contributed by atoms with van der Waals surface area (Å²) in [5, 5.41) is 3.09. The quantitative estimate of drug-likeness (QED) is 0.632. The number of methoxy groups -OCH3 is 2. The van der Waals surface area contributed by atoms with Crippen molar-refractivity contribution in [3.05, 3.63) is 53.1 Å². The van der Waals surface area contributed by atoms with E-state index in [1.807, 2.05) is 38.1 Å². The Balaban J connectivity index is 2.15. The third-order valence-corrected chi connectivity index (χ3v) is 5.00. The van der Waals surface area contributed by atoms with E-state index in [2.05, 4.69) is 31.3 Å². The van der Waals surface area contributed by atoms with Gasteiger partial charge in [0.1, 0.15) is 5.75 Å². The Kier molecular flexibility index (Phi) is 7.94. The number of benzene rings is 2. The summed E-state index contributed by atoms with van der Waals surface area (Å²) in [7, 11) is 3.21. The van der Waals surface area contributed by atoms with Crippen LogP contribution in [0.25, 0.3) is 0 Å². The SMILES string of the molecule is CC[C@H](NC(=O)[C@@H](C)Oc1cc(C)ccc1C(C)C)c1ccc(OC)c(OC)c1. The number of carbonyl (C=O) groups is 1. The van der Waals surface area contributed by atoms with E-state index >= 15 is 0 Å². The molecule has 2 rings (SSSR count). The van der Waals surface area contributed by atoms with Crippen molar-refractivity contribution in [2.24, 2.45) is 0 Å². The molecule has 0 radical (unpaired) electrons. The summed E-state index contributed by atoms with van der Waals surface area (Å²) in [5.41, 5.74) is 3.17. The monoisotopic (exact) mass is 399 g/mol. The molecule has 0 aromatic heterocycles. The summed E-state index contributed by atoms with van der Waals surface area (Å²) in [4.78, 5) is 12.8. The normalized spacial score (nSPS) is 13.0.